The van der Waals surface area contributed by atoms with Gasteiger partial charge >= 0.3 is 0 Å². The molecule has 4 heteroatoms. The van der Waals surface area contributed by atoms with Gasteiger partial charge in [0.05, 0.1) is 18.0 Å². The minimum Gasteiger partial charge on any atom is -0.395 e. The van der Waals surface area contributed by atoms with Gasteiger partial charge in [0.1, 0.15) is 0 Å². The number of para-hydroxylation sites is 1. The quantitative estimate of drug-likeness (QED) is 0.912. The molecule has 1 fully saturated rings. The molecule has 4 rings (SSSR count). The van der Waals surface area contributed by atoms with Crippen molar-refractivity contribution in [2.75, 3.05) is 55.7 Å². The molecule has 1 aromatic carbocycles. The molecule has 3 aliphatic rings. The lowest BCUT2D eigenvalue weighted by molar-refractivity contribution is 0.202. The van der Waals surface area contributed by atoms with Crippen LogP contribution >= 0.6 is 0 Å². The van der Waals surface area contributed by atoms with Gasteiger partial charge in [0.15, 0.2) is 0 Å². The molecule has 0 bridgehead atoms. The Hall–Kier alpha value is -1.26. The molecule has 0 aromatic heterocycles. The van der Waals surface area contributed by atoms with Gasteiger partial charge in [-0.05, 0) is 24.6 Å². The maximum absolute atomic E-state index is 9.31. The lowest BCUT2D eigenvalue weighted by Crippen LogP contribution is -2.49. The summed E-state index contributed by atoms with van der Waals surface area (Å²) in [7, 11) is 0. The monoisotopic (exact) mass is 287 g/mol. The summed E-state index contributed by atoms with van der Waals surface area (Å²) in [5.41, 5.74) is 4.34. The fourth-order valence-corrected chi connectivity index (χ4v) is 4.53. The van der Waals surface area contributed by atoms with E-state index in [-0.39, 0.29) is 6.61 Å². The molecule has 0 aliphatic carbocycles. The van der Waals surface area contributed by atoms with Gasteiger partial charge in [-0.25, -0.2) is 0 Å². The van der Waals surface area contributed by atoms with E-state index < -0.39 is 0 Å². The van der Waals surface area contributed by atoms with E-state index in [4.69, 9.17) is 0 Å². The first-order chi connectivity index (χ1) is 10.3. The Morgan fingerprint density at radius 2 is 2.14 bits per heavy atom. The van der Waals surface area contributed by atoms with Crippen LogP contribution in [0, 0.1) is 0 Å². The molecule has 3 aliphatic heterocycles. The smallest absolute Gasteiger partial charge is 0.0644 e. The van der Waals surface area contributed by atoms with Crippen LogP contribution in [0.15, 0.2) is 18.2 Å². The first kappa shape index (κ1) is 13.4. The Bertz CT molecular complexity index is 533. The fraction of sp³-hybridized carbons (Fsp3) is 0.647. The highest BCUT2D eigenvalue weighted by Crippen LogP contribution is 2.50. The highest BCUT2D eigenvalue weighted by Gasteiger charge is 2.44. The molecule has 2 unspecified atom stereocenters. The van der Waals surface area contributed by atoms with E-state index in [1.54, 1.807) is 5.56 Å². The summed E-state index contributed by atoms with van der Waals surface area (Å²) in [6.07, 6.45) is 1.28. The summed E-state index contributed by atoms with van der Waals surface area (Å²) < 4.78 is 0. The molecule has 21 heavy (non-hydrogen) atoms. The van der Waals surface area contributed by atoms with Gasteiger partial charge in [0, 0.05) is 44.7 Å². The Morgan fingerprint density at radius 1 is 1.24 bits per heavy atom. The van der Waals surface area contributed by atoms with Crippen molar-refractivity contribution >= 4 is 11.4 Å². The van der Waals surface area contributed by atoms with Crippen LogP contribution in [0.5, 0.6) is 0 Å². The molecule has 1 aromatic rings. The molecule has 0 amide bonds. The predicted octanol–water partition coefficient (Wildman–Crippen LogP) is 1.50. The number of likely N-dealkylation sites (tertiary alicyclic amines) is 1. The average Bonchev–Trinajstić information content (AvgIpc) is 2.85. The number of β-amino-alcohol motifs (C(OH)–C–C–N with tert-alkyl or cyclic N) is 1. The molecule has 1 saturated heterocycles. The van der Waals surface area contributed by atoms with Crippen molar-refractivity contribution in [1.82, 2.24) is 4.90 Å². The zero-order valence-corrected chi connectivity index (χ0v) is 12.8. The second-order valence-electron chi connectivity index (χ2n) is 6.47. The summed E-state index contributed by atoms with van der Waals surface area (Å²) in [5.74, 6) is 0.669. The Morgan fingerprint density at radius 3 is 2.95 bits per heavy atom. The Balaban J connectivity index is 1.74. The van der Waals surface area contributed by atoms with E-state index in [1.807, 2.05) is 0 Å². The molecule has 114 valence electrons. The lowest BCUT2D eigenvalue weighted by Gasteiger charge is -2.42. The van der Waals surface area contributed by atoms with Crippen LogP contribution in [-0.2, 0) is 0 Å². The molecule has 1 N–H and O–H groups in total. The van der Waals surface area contributed by atoms with E-state index in [0.29, 0.717) is 12.0 Å². The third-order valence-corrected chi connectivity index (χ3v) is 5.56. The highest BCUT2D eigenvalue weighted by molar-refractivity contribution is 5.81. The van der Waals surface area contributed by atoms with Crippen molar-refractivity contribution in [3.05, 3.63) is 23.8 Å². The Labute approximate surface area is 127 Å². The molecule has 0 saturated carbocycles. The normalized spacial score (nSPS) is 27.7. The van der Waals surface area contributed by atoms with Gasteiger partial charge in [-0.1, -0.05) is 19.1 Å². The summed E-state index contributed by atoms with van der Waals surface area (Å²) >= 11 is 0. The van der Waals surface area contributed by atoms with Crippen molar-refractivity contribution in [3.63, 3.8) is 0 Å². The molecule has 0 radical (unpaired) electrons. The molecular formula is C17H25N3O. The number of aliphatic hydroxyl groups excluding tert-OH is 1. The zero-order valence-electron chi connectivity index (χ0n) is 12.8. The fourth-order valence-electron chi connectivity index (χ4n) is 4.53. The van der Waals surface area contributed by atoms with Crippen LogP contribution < -0.4 is 9.80 Å². The van der Waals surface area contributed by atoms with E-state index >= 15 is 0 Å². The second kappa shape index (κ2) is 5.18. The molecule has 4 nitrogen and oxygen atoms in total. The number of anilines is 2. The number of benzene rings is 1. The van der Waals surface area contributed by atoms with Gasteiger partial charge < -0.3 is 19.8 Å². The molecular weight excluding hydrogens is 262 g/mol. The number of likely N-dealkylation sites (N-methyl/N-ethyl adjacent to an activating group) is 1. The van der Waals surface area contributed by atoms with E-state index in [1.165, 1.54) is 30.9 Å². The number of aliphatic hydroxyl groups is 1. The summed E-state index contributed by atoms with van der Waals surface area (Å²) in [4.78, 5) is 7.60. The molecule has 3 heterocycles. The van der Waals surface area contributed by atoms with Crippen molar-refractivity contribution in [2.24, 2.45) is 0 Å². The van der Waals surface area contributed by atoms with Gasteiger partial charge in [-0.15, -0.1) is 0 Å². The number of nitrogens with zero attached hydrogens (tertiary/aromatic N) is 3. The van der Waals surface area contributed by atoms with Crippen molar-refractivity contribution in [2.45, 2.75) is 25.3 Å². The third-order valence-electron chi connectivity index (χ3n) is 5.56. The first-order valence-corrected chi connectivity index (χ1v) is 8.31. The Kier molecular flexibility index (Phi) is 3.31. The predicted molar refractivity (Wildman–Crippen MR) is 86.3 cm³/mol. The minimum absolute atomic E-state index is 0.236. The summed E-state index contributed by atoms with van der Waals surface area (Å²) in [5, 5.41) is 9.31. The molecule has 0 spiro atoms. The van der Waals surface area contributed by atoms with Crippen LogP contribution in [-0.4, -0.2) is 61.9 Å². The van der Waals surface area contributed by atoms with Crippen molar-refractivity contribution < 1.29 is 5.11 Å². The third kappa shape index (κ3) is 1.96. The van der Waals surface area contributed by atoms with Crippen molar-refractivity contribution in [1.29, 1.82) is 0 Å². The second-order valence-corrected chi connectivity index (χ2v) is 6.47. The van der Waals surface area contributed by atoms with Gasteiger partial charge in [-0.3, -0.25) is 0 Å². The lowest BCUT2D eigenvalue weighted by atomic mass is 9.89. The largest absolute Gasteiger partial charge is 0.395 e. The van der Waals surface area contributed by atoms with Crippen LogP contribution in [0.3, 0.4) is 0 Å². The van der Waals surface area contributed by atoms with Gasteiger partial charge in [-0.2, -0.15) is 0 Å². The highest BCUT2D eigenvalue weighted by atomic mass is 16.3. The van der Waals surface area contributed by atoms with E-state index in [0.717, 1.165) is 26.2 Å². The van der Waals surface area contributed by atoms with Gasteiger partial charge in [0.2, 0.25) is 0 Å². The zero-order chi connectivity index (χ0) is 14.4. The average molecular weight is 287 g/mol. The summed E-state index contributed by atoms with van der Waals surface area (Å²) in [6.45, 7) is 9.00. The van der Waals surface area contributed by atoms with Crippen molar-refractivity contribution in [3.8, 4) is 0 Å². The summed E-state index contributed by atoms with van der Waals surface area (Å²) in [6, 6.07) is 7.46. The van der Waals surface area contributed by atoms with Gasteiger partial charge in [0.25, 0.3) is 0 Å². The van der Waals surface area contributed by atoms with E-state index in [9.17, 15) is 5.11 Å². The molecule has 2 atom stereocenters. The van der Waals surface area contributed by atoms with E-state index in [2.05, 4.69) is 39.8 Å². The number of hydrogen-bond donors (Lipinski definition) is 1. The SMILES string of the molecule is CCN1CCC2C(C1)c1cccc3c1N2CCN3CCO. The van der Waals surface area contributed by atoms with Crippen LogP contribution in [0.4, 0.5) is 11.4 Å². The number of rotatable bonds is 3. The van der Waals surface area contributed by atoms with Crippen LogP contribution in [0.2, 0.25) is 0 Å². The number of hydrogen-bond acceptors (Lipinski definition) is 4. The maximum atomic E-state index is 9.31. The minimum atomic E-state index is 0.236. The number of piperidine rings is 1. The number of fused-ring (bicyclic) bond motifs is 3. The topological polar surface area (TPSA) is 30.0 Å². The first-order valence-electron chi connectivity index (χ1n) is 8.31. The maximum Gasteiger partial charge on any atom is 0.0644 e. The van der Waals surface area contributed by atoms with Crippen LogP contribution in [0.25, 0.3) is 0 Å². The standard InChI is InChI=1S/C17H25N3O/c1-2-18-7-6-15-14(12-18)13-4-3-5-16-17(13)20(15)9-8-19(16)10-11-21/h3-5,14-15,21H,2,6-12H2,1H3. The van der Waals surface area contributed by atoms with Crippen LogP contribution in [0.1, 0.15) is 24.8 Å².